The van der Waals surface area contributed by atoms with Crippen LogP contribution in [0.4, 0.5) is 11.4 Å². The van der Waals surface area contributed by atoms with Crippen LogP contribution >= 0.6 is 11.6 Å². The van der Waals surface area contributed by atoms with Gasteiger partial charge in [0.25, 0.3) is 21.5 Å². The summed E-state index contributed by atoms with van der Waals surface area (Å²) in [4.78, 5) is 25.9. The van der Waals surface area contributed by atoms with E-state index < -0.39 is 21.5 Å². The number of benzene rings is 3. The number of amides is 1. The Labute approximate surface area is 207 Å². The number of carbonyl (C=O) groups is 1. The van der Waals surface area contributed by atoms with E-state index in [2.05, 4.69) is 10.0 Å². The van der Waals surface area contributed by atoms with Gasteiger partial charge in [-0.3, -0.25) is 19.0 Å². The van der Waals surface area contributed by atoms with Crippen molar-refractivity contribution in [2.24, 2.45) is 7.05 Å². The van der Waals surface area contributed by atoms with Gasteiger partial charge in [0.15, 0.2) is 0 Å². The number of carbonyl (C=O) groups excluding carboxylic acids is 1. The van der Waals surface area contributed by atoms with Crippen molar-refractivity contribution in [2.75, 3.05) is 10.0 Å². The number of aromatic nitrogens is 2. The molecule has 1 aromatic heterocycles. The third-order valence-corrected chi connectivity index (χ3v) is 7.41. The average Bonchev–Trinajstić information content (AvgIpc) is 3.02. The molecule has 0 unspecified atom stereocenters. The van der Waals surface area contributed by atoms with Gasteiger partial charge in [0.1, 0.15) is 10.6 Å². The Morgan fingerprint density at radius 1 is 0.943 bits per heavy atom. The highest BCUT2D eigenvalue weighted by molar-refractivity contribution is 7.92. The zero-order valence-corrected chi connectivity index (χ0v) is 20.8. The van der Waals surface area contributed by atoms with Crippen LogP contribution in [0.3, 0.4) is 0 Å². The number of nitrogens with one attached hydrogen (secondary N) is 2. The summed E-state index contributed by atoms with van der Waals surface area (Å²) in [5.41, 5.74) is 2.15. The van der Waals surface area contributed by atoms with Gasteiger partial charge in [-0.05, 0) is 61.9 Å². The van der Waals surface area contributed by atoms with Crippen LogP contribution in [-0.4, -0.2) is 23.7 Å². The lowest BCUT2D eigenvalue weighted by Gasteiger charge is -2.11. The van der Waals surface area contributed by atoms with Crippen LogP contribution in [0.2, 0.25) is 5.02 Å². The summed E-state index contributed by atoms with van der Waals surface area (Å²) in [6.45, 7) is 3.55. The van der Waals surface area contributed by atoms with Gasteiger partial charge in [0.2, 0.25) is 0 Å². The lowest BCUT2D eigenvalue weighted by atomic mass is 10.2. The number of anilines is 2. The first-order chi connectivity index (χ1) is 16.6. The number of hydrogen-bond donors (Lipinski definition) is 2. The third kappa shape index (κ3) is 4.87. The second-order valence-electron chi connectivity index (χ2n) is 8.01. The Kier molecular flexibility index (Phi) is 6.56. The molecule has 0 radical (unpaired) electrons. The predicted molar refractivity (Wildman–Crippen MR) is 137 cm³/mol. The molecule has 4 rings (SSSR count). The monoisotopic (exact) mass is 510 g/mol. The van der Waals surface area contributed by atoms with Crippen LogP contribution in [0.1, 0.15) is 21.6 Å². The maximum atomic E-state index is 13.1. The molecule has 35 heavy (non-hydrogen) atoms. The minimum atomic E-state index is -4.08. The molecule has 10 heteroatoms. The number of halogens is 1. The van der Waals surface area contributed by atoms with Crippen molar-refractivity contribution in [3.8, 4) is 5.69 Å². The van der Waals surface area contributed by atoms with Crippen LogP contribution in [-0.2, 0) is 17.1 Å². The summed E-state index contributed by atoms with van der Waals surface area (Å²) in [6, 6.07) is 19.8. The molecule has 2 N–H and O–H groups in total. The lowest BCUT2D eigenvalue weighted by molar-refractivity contribution is 0.102. The van der Waals surface area contributed by atoms with E-state index in [-0.39, 0.29) is 21.2 Å². The number of hydrogen-bond acceptors (Lipinski definition) is 4. The van der Waals surface area contributed by atoms with Gasteiger partial charge in [0.05, 0.1) is 16.4 Å². The fourth-order valence-corrected chi connectivity index (χ4v) is 5.24. The number of nitrogens with zero attached hydrogens (tertiary/aromatic N) is 2. The van der Waals surface area contributed by atoms with Gasteiger partial charge < -0.3 is 5.32 Å². The number of aryl methyl sites for hydroxylation is 1. The number of rotatable bonds is 6. The normalized spacial score (nSPS) is 11.3. The third-order valence-electron chi connectivity index (χ3n) is 5.55. The van der Waals surface area contributed by atoms with E-state index in [1.165, 1.54) is 22.9 Å². The molecule has 0 saturated carbocycles. The molecular weight excluding hydrogens is 488 g/mol. The van der Waals surface area contributed by atoms with Gasteiger partial charge in [-0.2, -0.15) is 0 Å². The molecule has 180 valence electrons. The first-order valence-electron chi connectivity index (χ1n) is 10.6. The van der Waals surface area contributed by atoms with E-state index in [0.717, 1.165) is 5.56 Å². The summed E-state index contributed by atoms with van der Waals surface area (Å²) in [5, 5.41) is 2.59. The topological polar surface area (TPSA) is 102 Å². The Balaban J connectivity index is 1.66. The molecular formula is C25H23ClN4O4S. The molecule has 0 atom stereocenters. The van der Waals surface area contributed by atoms with E-state index in [9.17, 15) is 18.0 Å². The maximum absolute atomic E-state index is 13.1. The fourth-order valence-electron chi connectivity index (χ4n) is 3.67. The van der Waals surface area contributed by atoms with E-state index in [1.807, 2.05) is 31.2 Å². The molecule has 3 aromatic carbocycles. The van der Waals surface area contributed by atoms with Crippen molar-refractivity contribution in [2.45, 2.75) is 18.7 Å². The molecule has 1 heterocycles. The summed E-state index contributed by atoms with van der Waals surface area (Å²) in [5.74, 6) is -0.639. The highest BCUT2D eigenvalue weighted by Gasteiger charge is 2.23. The van der Waals surface area contributed by atoms with Crippen LogP contribution in [0, 0.1) is 13.8 Å². The van der Waals surface area contributed by atoms with Gasteiger partial charge in [-0.1, -0.05) is 41.9 Å². The van der Waals surface area contributed by atoms with Gasteiger partial charge in [0, 0.05) is 18.3 Å². The summed E-state index contributed by atoms with van der Waals surface area (Å²) in [7, 11) is -2.36. The molecule has 0 aliphatic heterocycles. The Morgan fingerprint density at radius 3 is 2.34 bits per heavy atom. The predicted octanol–water partition coefficient (Wildman–Crippen LogP) is 4.50. The first-order valence-corrected chi connectivity index (χ1v) is 12.5. The van der Waals surface area contributed by atoms with Crippen molar-refractivity contribution in [3.63, 3.8) is 0 Å². The van der Waals surface area contributed by atoms with Crippen LogP contribution in [0.5, 0.6) is 0 Å². The molecule has 0 spiro atoms. The second kappa shape index (κ2) is 9.44. The average molecular weight is 511 g/mol. The zero-order valence-electron chi connectivity index (χ0n) is 19.2. The zero-order chi connectivity index (χ0) is 25.3. The maximum Gasteiger partial charge on any atom is 0.295 e. The molecule has 0 fully saturated rings. The smallest absolute Gasteiger partial charge is 0.295 e. The molecule has 8 nitrogen and oxygen atoms in total. The number of para-hydroxylation sites is 1. The summed E-state index contributed by atoms with van der Waals surface area (Å²) >= 11 is 6.18. The minimum Gasteiger partial charge on any atom is -0.316 e. The van der Waals surface area contributed by atoms with Gasteiger partial charge >= 0.3 is 0 Å². The van der Waals surface area contributed by atoms with Gasteiger partial charge in [-0.25, -0.2) is 13.1 Å². The van der Waals surface area contributed by atoms with Crippen LogP contribution < -0.4 is 15.6 Å². The quantitative estimate of drug-likeness (QED) is 0.398. The summed E-state index contributed by atoms with van der Waals surface area (Å²) in [6.07, 6.45) is 0. The number of sulfonamides is 1. The van der Waals surface area contributed by atoms with E-state index in [0.29, 0.717) is 17.1 Å². The van der Waals surface area contributed by atoms with E-state index in [1.54, 1.807) is 49.0 Å². The van der Waals surface area contributed by atoms with Crippen molar-refractivity contribution in [3.05, 3.63) is 105 Å². The van der Waals surface area contributed by atoms with Crippen molar-refractivity contribution < 1.29 is 13.2 Å². The first kappa shape index (κ1) is 24.3. The minimum absolute atomic E-state index is 0.0351. The molecule has 4 aromatic rings. The molecule has 0 saturated heterocycles. The van der Waals surface area contributed by atoms with Crippen molar-refractivity contribution in [1.29, 1.82) is 0 Å². The second-order valence-corrected chi connectivity index (χ2v) is 10.1. The van der Waals surface area contributed by atoms with Gasteiger partial charge in [-0.15, -0.1) is 0 Å². The molecule has 0 bridgehead atoms. The van der Waals surface area contributed by atoms with Crippen LogP contribution in [0.15, 0.2) is 82.5 Å². The lowest BCUT2D eigenvalue weighted by Crippen LogP contribution is -2.23. The highest BCUT2D eigenvalue weighted by Crippen LogP contribution is 2.26. The Bertz CT molecular complexity index is 1590. The van der Waals surface area contributed by atoms with Crippen LogP contribution in [0.25, 0.3) is 5.69 Å². The molecule has 0 aliphatic rings. The standard InChI is InChI=1S/C25H23ClN4O4S/c1-16-8-7-9-19(14-16)28-35(33,34)22-15-18(12-13-21(22)26)24(31)27-23-17(2)29(3)30(25(23)32)20-10-5-4-6-11-20/h4-15,28H,1-3H3,(H,27,31). The molecule has 0 aliphatic carbocycles. The van der Waals surface area contributed by atoms with Crippen molar-refractivity contribution in [1.82, 2.24) is 9.36 Å². The fraction of sp³-hybridized carbons (Fsp3) is 0.120. The van der Waals surface area contributed by atoms with E-state index >= 15 is 0 Å². The van der Waals surface area contributed by atoms with E-state index in [4.69, 9.17) is 11.6 Å². The SMILES string of the molecule is Cc1cccc(NS(=O)(=O)c2cc(C(=O)Nc3c(C)n(C)n(-c4ccccc4)c3=O)ccc2Cl)c1. The highest BCUT2D eigenvalue weighted by atomic mass is 35.5. The van der Waals surface area contributed by atoms with Crippen molar-refractivity contribution >= 4 is 38.9 Å². The Hall–Kier alpha value is -3.82. The Morgan fingerprint density at radius 2 is 1.66 bits per heavy atom. The largest absolute Gasteiger partial charge is 0.316 e. The molecule has 1 amide bonds. The summed E-state index contributed by atoms with van der Waals surface area (Å²) < 4.78 is 31.5.